The summed E-state index contributed by atoms with van der Waals surface area (Å²) in [6.45, 7) is 2.81. The molecule has 5 heterocycles. The molecule has 1 aromatic carbocycles. The van der Waals surface area contributed by atoms with Crippen LogP contribution in [0.25, 0.3) is 10.9 Å². The molecule has 4 aliphatic rings. The van der Waals surface area contributed by atoms with Gasteiger partial charge < -0.3 is 14.5 Å². The molecule has 5 heteroatoms. The van der Waals surface area contributed by atoms with Gasteiger partial charge in [-0.25, -0.2) is 0 Å². The normalized spacial score (nSPS) is 36.2. The van der Waals surface area contributed by atoms with Crippen molar-refractivity contribution in [1.82, 2.24) is 9.88 Å². The maximum atomic E-state index is 12.9. The minimum Gasteiger partial charge on any atom is -0.468 e. The lowest BCUT2D eigenvalue weighted by Gasteiger charge is -2.61. The zero-order chi connectivity index (χ0) is 18.1. The average molecular weight is 350 g/mol. The van der Waals surface area contributed by atoms with E-state index in [1.807, 2.05) is 19.1 Å². The minimum atomic E-state index is -1.11. The third kappa shape index (κ3) is 1.69. The second-order valence-corrected chi connectivity index (χ2v) is 7.67. The molecule has 3 saturated heterocycles. The van der Waals surface area contributed by atoms with E-state index in [-0.39, 0.29) is 18.0 Å². The van der Waals surface area contributed by atoms with Crippen LogP contribution >= 0.6 is 0 Å². The topological polar surface area (TPSA) is 62.4 Å². The summed E-state index contributed by atoms with van der Waals surface area (Å²) in [6, 6.07) is 8.37. The molecule has 134 valence electrons. The maximum absolute atomic E-state index is 12.9. The molecule has 5 atom stereocenters. The molecule has 5 nitrogen and oxygen atoms in total. The van der Waals surface area contributed by atoms with Crippen LogP contribution in [0.1, 0.15) is 30.6 Å². The number of nitrogens with one attached hydrogen (secondary N) is 1. The second kappa shape index (κ2) is 5.30. The number of allylic oxidation sites excluding steroid dienone is 1. The quantitative estimate of drug-likeness (QED) is 0.392. The van der Waals surface area contributed by atoms with Gasteiger partial charge in [0.25, 0.3) is 0 Å². The number of fused-ring (bicyclic) bond motifs is 4. The molecule has 0 saturated carbocycles. The van der Waals surface area contributed by atoms with Gasteiger partial charge in [-0.15, -0.1) is 0 Å². The Kier molecular flexibility index (Phi) is 3.23. The number of benzene rings is 1. The highest BCUT2D eigenvalue weighted by Crippen LogP contribution is 2.59. The maximum Gasteiger partial charge on any atom is 0.321 e. The van der Waals surface area contributed by atoms with Crippen LogP contribution in [0.3, 0.4) is 0 Å². The molecule has 4 aliphatic heterocycles. The molecule has 1 aromatic heterocycles. The van der Waals surface area contributed by atoms with E-state index < -0.39 is 11.4 Å². The molecule has 0 spiro atoms. The van der Waals surface area contributed by atoms with Gasteiger partial charge in [0.05, 0.1) is 13.2 Å². The lowest BCUT2D eigenvalue weighted by atomic mass is 9.55. The third-order valence-electron chi connectivity index (χ3n) is 6.88. The Bertz CT molecular complexity index is 959. The zero-order valence-corrected chi connectivity index (χ0v) is 15.0. The Balaban J connectivity index is 1.74. The third-order valence-corrected chi connectivity index (χ3v) is 6.88. The highest BCUT2D eigenvalue weighted by atomic mass is 16.5. The van der Waals surface area contributed by atoms with E-state index in [0.29, 0.717) is 6.42 Å². The number of ether oxygens (including phenoxy) is 1. The highest BCUT2D eigenvalue weighted by molar-refractivity contribution is 5.96. The van der Waals surface area contributed by atoms with Gasteiger partial charge in [-0.05, 0) is 31.4 Å². The number of piperidine rings is 3. The summed E-state index contributed by atoms with van der Waals surface area (Å²) < 4.78 is 5.15. The van der Waals surface area contributed by atoms with Gasteiger partial charge in [0, 0.05) is 35.1 Å². The molecular weight excluding hydrogens is 328 g/mol. The zero-order valence-electron chi connectivity index (χ0n) is 15.0. The molecule has 3 fully saturated rings. The number of methoxy groups -OCH3 is 1. The first kappa shape index (κ1) is 15.8. The van der Waals surface area contributed by atoms with Gasteiger partial charge in [0.15, 0.2) is 0 Å². The van der Waals surface area contributed by atoms with Crippen LogP contribution in [0.5, 0.6) is 0 Å². The van der Waals surface area contributed by atoms with Crippen molar-refractivity contribution in [3.05, 3.63) is 47.2 Å². The average Bonchev–Trinajstić information content (AvgIpc) is 3.06. The van der Waals surface area contributed by atoms with Crippen molar-refractivity contribution in [2.75, 3.05) is 13.7 Å². The van der Waals surface area contributed by atoms with Crippen molar-refractivity contribution in [2.24, 2.45) is 11.3 Å². The number of hydrogen-bond donors (Lipinski definition) is 1. The standard InChI is InChI=1S/C21H22N2O3/c1-3-12-10-23-17-9-15(12)21(11-24,20(25)26-2)18(23)8-14-13-6-4-5-7-16(13)22-19(14)17/h3-7,11,15,17-18,22H,8-10H2,1-2H3/b12-3-/t15-,17-,18-,21?/m0/s1. The van der Waals surface area contributed by atoms with E-state index in [0.717, 1.165) is 24.8 Å². The summed E-state index contributed by atoms with van der Waals surface area (Å²) >= 11 is 0. The molecule has 1 N–H and O–H groups in total. The number of hydrogen-bond acceptors (Lipinski definition) is 4. The molecule has 6 rings (SSSR count). The lowest BCUT2D eigenvalue weighted by Crippen LogP contribution is -2.69. The van der Waals surface area contributed by atoms with Gasteiger partial charge in [-0.3, -0.25) is 9.69 Å². The Morgan fingerprint density at radius 1 is 1.38 bits per heavy atom. The van der Waals surface area contributed by atoms with Crippen molar-refractivity contribution in [2.45, 2.75) is 31.8 Å². The Labute approximate surface area is 152 Å². The highest BCUT2D eigenvalue weighted by Gasteiger charge is 2.65. The molecular formula is C21H22N2O3. The van der Waals surface area contributed by atoms with Gasteiger partial charge in [0.2, 0.25) is 0 Å². The Morgan fingerprint density at radius 3 is 2.92 bits per heavy atom. The first-order valence-corrected chi connectivity index (χ1v) is 9.20. The van der Waals surface area contributed by atoms with Crippen molar-refractivity contribution >= 4 is 23.2 Å². The predicted octanol–water partition coefficient (Wildman–Crippen LogP) is 2.77. The van der Waals surface area contributed by atoms with Gasteiger partial charge in [-0.2, -0.15) is 0 Å². The number of carbonyl (C=O) groups is 2. The summed E-state index contributed by atoms with van der Waals surface area (Å²) in [5, 5.41) is 1.20. The number of para-hydroxylation sites is 1. The molecule has 2 unspecified atom stereocenters. The van der Waals surface area contributed by atoms with Crippen molar-refractivity contribution < 1.29 is 14.3 Å². The first-order chi connectivity index (χ1) is 12.7. The van der Waals surface area contributed by atoms with Crippen LogP contribution in [-0.4, -0.2) is 41.8 Å². The van der Waals surface area contributed by atoms with E-state index in [1.54, 1.807) is 0 Å². The number of aromatic amines is 1. The summed E-state index contributed by atoms with van der Waals surface area (Å²) in [5.41, 5.74) is 3.70. The first-order valence-electron chi connectivity index (χ1n) is 9.20. The van der Waals surface area contributed by atoms with E-state index in [4.69, 9.17) is 4.74 Å². The number of carbonyl (C=O) groups excluding carboxylic acids is 2. The second-order valence-electron chi connectivity index (χ2n) is 7.67. The van der Waals surface area contributed by atoms with Crippen molar-refractivity contribution in [1.29, 1.82) is 0 Å². The Hall–Kier alpha value is -2.40. The predicted molar refractivity (Wildman–Crippen MR) is 97.6 cm³/mol. The Morgan fingerprint density at radius 2 is 2.19 bits per heavy atom. The monoisotopic (exact) mass is 350 g/mol. The van der Waals surface area contributed by atoms with Crippen LogP contribution in [0.2, 0.25) is 0 Å². The van der Waals surface area contributed by atoms with Gasteiger partial charge in [-0.1, -0.05) is 29.8 Å². The number of aldehydes is 1. The fourth-order valence-electron chi connectivity index (χ4n) is 5.72. The van der Waals surface area contributed by atoms with Crippen LogP contribution in [0.4, 0.5) is 0 Å². The van der Waals surface area contributed by atoms with Crippen LogP contribution in [-0.2, 0) is 20.7 Å². The summed E-state index contributed by atoms with van der Waals surface area (Å²) in [7, 11) is 1.39. The van der Waals surface area contributed by atoms with Gasteiger partial charge in [0.1, 0.15) is 11.7 Å². The van der Waals surface area contributed by atoms with Gasteiger partial charge >= 0.3 is 5.97 Å². The molecule has 4 bridgehead atoms. The number of aromatic nitrogens is 1. The number of rotatable bonds is 2. The number of nitrogens with zero attached hydrogens (tertiary/aromatic N) is 1. The lowest BCUT2D eigenvalue weighted by molar-refractivity contribution is -0.176. The summed E-state index contributed by atoms with van der Waals surface area (Å²) in [6.07, 6.45) is 4.40. The smallest absolute Gasteiger partial charge is 0.321 e. The van der Waals surface area contributed by atoms with Crippen LogP contribution in [0.15, 0.2) is 35.9 Å². The molecule has 0 amide bonds. The largest absolute Gasteiger partial charge is 0.468 e. The van der Waals surface area contributed by atoms with Crippen molar-refractivity contribution in [3.63, 3.8) is 0 Å². The van der Waals surface area contributed by atoms with Crippen molar-refractivity contribution in [3.8, 4) is 0 Å². The van der Waals surface area contributed by atoms with Crippen LogP contribution < -0.4 is 0 Å². The summed E-state index contributed by atoms with van der Waals surface area (Å²) in [4.78, 5) is 31.2. The molecule has 26 heavy (non-hydrogen) atoms. The fraction of sp³-hybridized carbons (Fsp3) is 0.429. The molecule has 2 aromatic rings. The number of H-pyrrole nitrogens is 1. The minimum absolute atomic E-state index is 0.0861. The molecule has 0 radical (unpaired) electrons. The van der Waals surface area contributed by atoms with E-state index in [1.165, 1.54) is 29.3 Å². The van der Waals surface area contributed by atoms with E-state index in [2.05, 4.69) is 28.1 Å². The number of esters is 1. The van der Waals surface area contributed by atoms with E-state index in [9.17, 15) is 9.59 Å². The van der Waals surface area contributed by atoms with Crippen LogP contribution in [0, 0.1) is 11.3 Å². The summed E-state index contributed by atoms with van der Waals surface area (Å²) in [5.74, 6) is -0.481. The SMILES string of the molecule is C/C=C1/CN2[C@H]3Cc4c([nH]c5ccccc45)[C@@H]2C[C@@H]1C3(C=O)C(=O)OC. The van der Waals surface area contributed by atoms with E-state index >= 15 is 0 Å². The molecule has 0 aliphatic carbocycles. The fourth-order valence-corrected chi connectivity index (χ4v) is 5.72.